The third kappa shape index (κ3) is 3.14. The molecule has 1 aromatic heterocycles. The van der Waals surface area contributed by atoms with Crippen molar-refractivity contribution < 1.29 is 27.9 Å². The highest BCUT2D eigenvalue weighted by Crippen LogP contribution is 2.21. The zero-order chi connectivity index (χ0) is 15.5. The van der Waals surface area contributed by atoms with Gasteiger partial charge in [-0.1, -0.05) is 0 Å². The average Bonchev–Trinajstić information content (AvgIpc) is 2.71. The molecule has 2 N–H and O–H groups in total. The summed E-state index contributed by atoms with van der Waals surface area (Å²) in [7, 11) is -3.00. The number of likely N-dealkylation sites (N-methyl/N-ethyl adjacent to an activating group) is 1. The van der Waals surface area contributed by atoms with E-state index < -0.39 is 39.1 Å². The Kier molecular flexibility index (Phi) is 4.84. The molecule has 0 fully saturated rings. The van der Waals surface area contributed by atoms with Gasteiger partial charge in [0.2, 0.25) is 10.0 Å². The molecule has 0 aliphatic carbocycles. The van der Waals surface area contributed by atoms with Crippen molar-refractivity contribution in [3.8, 4) is 0 Å². The number of nitrogens with zero attached hydrogens (tertiary/aromatic N) is 2. The molecule has 0 spiro atoms. The molecular weight excluding hydrogens is 290 g/mol. The van der Waals surface area contributed by atoms with Crippen molar-refractivity contribution in [3.63, 3.8) is 0 Å². The second-order valence-corrected chi connectivity index (χ2v) is 5.88. The topological polar surface area (TPSA) is 130 Å². The second kappa shape index (κ2) is 6.01. The number of aromatic carboxylic acids is 1. The van der Waals surface area contributed by atoms with Crippen molar-refractivity contribution in [1.29, 1.82) is 0 Å². The summed E-state index contributed by atoms with van der Waals surface area (Å²) in [6.45, 7) is 2.58. The molecule has 0 amide bonds. The first kappa shape index (κ1) is 16.1. The number of nitrogens with one attached hydrogen (secondary N) is 1. The van der Waals surface area contributed by atoms with Crippen molar-refractivity contribution in [2.24, 2.45) is 0 Å². The summed E-state index contributed by atoms with van der Waals surface area (Å²) < 4.78 is 29.9. The SMILES string of the molecule is CCOC(=O)CN(C)S(=O)(=O)c1c(C(=O)O)n[nH]c1C. The minimum Gasteiger partial charge on any atom is -0.476 e. The van der Waals surface area contributed by atoms with Crippen LogP contribution >= 0.6 is 0 Å². The van der Waals surface area contributed by atoms with Crippen LogP contribution in [0.2, 0.25) is 0 Å². The smallest absolute Gasteiger partial charge is 0.357 e. The van der Waals surface area contributed by atoms with Crippen LogP contribution in [0.4, 0.5) is 0 Å². The highest BCUT2D eigenvalue weighted by molar-refractivity contribution is 7.89. The third-order valence-corrected chi connectivity index (χ3v) is 4.38. The minimum absolute atomic E-state index is 0.0816. The zero-order valence-electron chi connectivity index (χ0n) is 11.2. The Morgan fingerprint density at radius 2 is 2.05 bits per heavy atom. The monoisotopic (exact) mass is 305 g/mol. The molecule has 0 saturated heterocycles. The molecule has 112 valence electrons. The quantitative estimate of drug-likeness (QED) is 0.684. The molecule has 1 rings (SSSR count). The first-order valence-electron chi connectivity index (χ1n) is 5.62. The lowest BCUT2D eigenvalue weighted by Gasteiger charge is -2.16. The second-order valence-electron chi connectivity index (χ2n) is 3.90. The van der Waals surface area contributed by atoms with E-state index in [0.717, 1.165) is 11.4 Å². The Balaban J connectivity index is 3.14. The minimum atomic E-state index is -4.16. The maximum absolute atomic E-state index is 12.3. The van der Waals surface area contributed by atoms with Gasteiger partial charge in [0, 0.05) is 7.05 Å². The van der Waals surface area contributed by atoms with E-state index in [0.29, 0.717) is 0 Å². The van der Waals surface area contributed by atoms with Gasteiger partial charge in [0.25, 0.3) is 0 Å². The van der Waals surface area contributed by atoms with E-state index in [1.165, 1.54) is 6.92 Å². The van der Waals surface area contributed by atoms with Gasteiger partial charge in [0.15, 0.2) is 5.69 Å². The van der Waals surface area contributed by atoms with Gasteiger partial charge in [-0.15, -0.1) is 0 Å². The summed E-state index contributed by atoms with van der Waals surface area (Å²) in [6, 6.07) is 0. The third-order valence-electron chi connectivity index (χ3n) is 2.42. The fourth-order valence-electron chi connectivity index (χ4n) is 1.51. The van der Waals surface area contributed by atoms with Gasteiger partial charge in [-0.25, -0.2) is 13.2 Å². The number of rotatable bonds is 6. The Bertz CT molecular complexity index is 621. The number of hydrogen-bond donors (Lipinski definition) is 2. The maximum Gasteiger partial charge on any atom is 0.357 e. The average molecular weight is 305 g/mol. The molecule has 10 heteroatoms. The number of hydrogen-bond acceptors (Lipinski definition) is 6. The lowest BCUT2D eigenvalue weighted by molar-refractivity contribution is -0.143. The lowest BCUT2D eigenvalue weighted by Crippen LogP contribution is -2.34. The van der Waals surface area contributed by atoms with Crippen molar-refractivity contribution in [2.75, 3.05) is 20.2 Å². The molecule has 1 aromatic rings. The molecule has 0 aliphatic heterocycles. The molecule has 0 aliphatic rings. The van der Waals surface area contributed by atoms with Crippen molar-refractivity contribution in [2.45, 2.75) is 18.7 Å². The predicted octanol–water partition coefficient (Wildman–Crippen LogP) is -0.400. The summed E-state index contributed by atoms with van der Waals surface area (Å²) in [4.78, 5) is 21.8. The number of aromatic amines is 1. The maximum atomic E-state index is 12.3. The number of sulfonamides is 1. The molecule has 0 radical (unpaired) electrons. The number of carbonyl (C=O) groups is 2. The fourth-order valence-corrected chi connectivity index (χ4v) is 2.91. The summed E-state index contributed by atoms with van der Waals surface area (Å²) in [5.41, 5.74) is -0.531. The van der Waals surface area contributed by atoms with E-state index >= 15 is 0 Å². The number of esters is 1. The van der Waals surface area contributed by atoms with Crippen LogP contribution in [0.3, 0.4) is 0 Å². The van der Waals surface area contributed by atoms with Crippen molar-refractivity contribution in [1.82, 2.24) is 14.5 Å². The van der Waals surface area contributed by atoms with Gasteiger partial charge in [-0.2, -0.15) is 9.40 Å². The van der Waals surface area contributed by atoms with E-state index in [1.54, 1.807) is 6.92 Å². The zero-order valence-corrected chi connectivity index (χ0v) is 12.0. The Labute approximate surface area is 115 Å². The number of aryl methyl sites for hydroxylation is 1. The largest absolute Gasteiger partial charge is 0.476 e. The van der Waals surface area contributed by atoms with Gasteiger partial charge < -0.3 is 9.84 Å². The Morgan fingerprint density at radius 3 is 2.55 bits per heavy atom. The summed E-state index contributed by atoms with van der Waals surface area (Å²) in [5.74, 6) is -2.20. The van der Waals surface area contributed by atoms with E-state index in [2.05, 4.69) is 14.9 Å². The lowest BCUT2D eigenvalue weighted by atomic mass is 10.4. The van der Waals surface area contributed by atoms with Crippen LogP contribution in [0, 0.1) is 6.92 Å². The van der Waals surface area contributed by atoms with Crippen molar-refractivity contribution in [3.05, 3.63) is 11.4 Å². The first-order valence-corrected chi connectivity index (χ1v) is 7.06. The molecular formula is C10H15N3O6S. The van der Waals surface area contributed by atoms with E-state index in [9.17, 15) is 18.0 Å². The molecule has 20 heavy (non-hydrogen) atoms. The predicted molar refractivity (Wildman–Crippen MR) is 66.7 cm³/mol. The summed E-state index contributed by atoms with van der Waals surface area (Å²) in [5, 5.41) is 14.7. The number of carboxylic acids is 1. The van der Waals surface area contributed by atoms with Crippen LogP contribution in [-0.4, -0.2) is 60.2 Å². The fraction of sp³-hybridized carbons (Fsp3) is 0.500. The van der Waals surface area contributed by atoms with Gasteiger partial charge in [0.1, 0.15) is 11.4 Å². The molecule has 9 nitrogen and oxygen atoms in total. The number of carboxylic acid groups (broad SMARTS) is 1. The van der Waals surface area contributed by atoms with E-state index in [4.69, 9.17) is 5.11 Å². The summed E-state index contributed by atoms with van der Waals surface area (Å²) in [6.07, 6.45) is 0. The number of H-pyrrole nitrogens is 1. The van der Waals surface area contributed by atoms with Crippen LogP contribution in [-0.2, 0) is 19.6 Å². The number of carbonyl (C=O) groups excluding carboxylic acids is 1. The van der Waals surface area contributed by atoms with Crippen LogP contribution in [0.15, 0.2) is 4.90 Å². The highest BCUT2D eigenvalue weighted by Gasteiger charge is 2.32. The first-order chi connectivity index (χ1) is 9.21. The molecule has 0 atom stereocenters. The molecule has 1 heterocycles. The van der Waals surface area contributed by atoms with E-state index in [1.807, 2.05) is 0 Å². The van der Waals surface area contributed by atoms with Gasteiger partial charge in [0.05, 0.1) is 12.3 Å². The van der Waals surface area contributed by atoms with Gasteiger partial charge in [-0.05, 0) is 13.8 Å². The number of ether oxygens (including phenoxy) is 1. The van der Waals surface area contributed by atoms with Crippen LogP contribution < -0.4 is 0 Å². The molecule has 0 bridgehead atoms. The summed E-state index contributed by atoms with van der Waals surface area (Å²) >= 11 is 0. The van der Waals surface area contributed by atoms with Gasteiger partial charge in [-0.3, -0.25) is 9.89 Å². The standard InChI is InChI=1S/C10H15N3O6S/c1-4-19-7(14)5-13(3)20(17,18)9-6(2)11-12-8(9)10(15)16/h4-5H2,1-3H3,(H,11,12)(H,15,16). The molecule has 0 saturated carbocycles. The van der Waals surface area contributed by atoms with Crippen molar-refractivity contribution >= 4 is 22.0 Å². The van der Waals surface area contributed by atoms with Gasteiger partial charge >= 0.3 is 11.9 Å². The van der Waals surface area contributed by atoms with Crippen LogP contribution in [0.5, 0.6) is 0 Å². The Hall–Kier alpha value is -1.94. The normalized spacial score (nSPS) is 11.6. The van der Waals surface area contributed by atoms with Crippen LogP contribution in [0.25, 0.3) is 0 Å². The van der Waals surface area contributed by atoms with E-state index in [-0.39, 0.29) is 12.3 Å². The van der Waals surface area contributed by atoms with Crippen LogP contribution in [0.1, 0.15) is 23.1 Å². The molecule has 0 unspecified atom stereocenters. The molecule has 0 aromatic carbocycles. The number of aromatic nitrogens is 2. The highest BCUT2D eigenvalue weighted by atomic mass is 32.2. The Morgan fingerprint density at radius 1 is 1.45 bits per heavy atom.